The number of rotatable bonds is 5. The van der Waals surface area contributed by atoms with Crippen molar-refractivity contribution in [3.05, 3.63) is 169 Å². The van der Waals surface area contributed by atoms with Gasteiger partial charge in [-0.3, -0.25) is 0 Å². The molecular weight excluding hydrogens is 629 g/mol. The van der Waals surface area contributed by atoms with Crippen molar-refractivity contribution in [1.82, 2.24) is 0 Å². The molecule has 11 rings (SSSR count). The number of fused-ring (bicyclic) bond motifs is 4. The lowest BCUT2D eigenvalue weighted by Crippen LogP contribution is -2.63. The number of benzene rings is 7. The monoisotopic (exact) mass is 667 g/mol. The topological polar surface area (TPSA) is 9.72 Å². The Hall–Kier alpha value is -6.00. The van der Waals surface area contributed by atoms with Gasteiger partial charge in [-0.15, -0.1) is 0 Å². The van der Waals surface area contributed by atoms with Crippen LogP contribution in [-0.4, -0.2) is 19.8 Å². The molecule has 52 heavy (non-hydrogen) atoms. The summed E-state index contributed by atoms with van der Waals surface area (Å²) in [4.78, 5) is 7.84. The van der Waals surface area contributed by atoms with E-state index in [1.165, 1.54) is 89.6 Å². The predicted molar refractivity (Wildman–Crippen MR) is 220 cm³/mol. The zero-order valence-corrected chi connectivity index (χ0v) is 29.2. The molecule has 0 radical (unpaired) electrons. The maximum Gasteiger partial charge on any atom is 0.252 e. The number of hydrogen-bond donors (Lipinski definition) is 0. The third-order valence-electron chi connectivity index (χ3n) is 11.9. The fourth-order valence-electron chi connectivity index (χ4n) is 9.79. The van der Waals surface area contributed by atoms with E-state index in [0.717, 1.165) is 38.8 Å². The highest BCUT2D eigenvalue weighted by Crippen LogP contribution is 2.49. The lowest BCUT2D eigenvalue weighted by atomic mass is 9.33. The van der Waals surface area contributed by atoms with Crippen molar-refractivity contribution in [2.24, 2.45) is 0 Å². The summed E-state index contributed by atoms with van der Waals surface area (Å²) < 4.78 is 0. The molecule has 7 aromatic rings. The van der Waals surface area contributed by atoms with Crippen LogP contribution in [0.5, 0.6) is 0 Å². The van der Waals surface area contributed by atoms with Crippen LogP contribution in [0.1, 0.15) is 24.0 Å². The van der Waals surface area contributed by atoms with Crippen molar-refractivity contribution >= 4 is 62.9 Å². The van der Waals surface area contributed by atoms with E-state index >= 15 is 0 Å². The fraction of sp³-hybridized carbons (Fsp3) is 0.125. The van der Waals surface area contributed by atoms with Gasteiger partial charge in [-0.25, -0.2) is 0 Å². The van der Waals surface area contributed by atoms with Gasteiger partial charge in [0.15, 0.2) is 0 Å². The van der Waals surface area contributed by atoms with Crippen LogP contribution in [0.25, 0.3) is 22.3 Å². The molecule has 0 spiro atoms. The van der Waals surface area contributed by atoms with Gasteiger partial charge in [-0.05, 0) is 112 Å². The van der Waals surface area contributed by atoms with Gasteiger partial charge in [-0.2, -0.15) is 0 Å². The van der Waals surface area contributed by atoms with Crippen LogP contribution >= 0.6 is 0 Å². The van der Waals surface area contributed by atoms with E-state index in [9.17, 15) is 0 Å². The Bertz CT molecular complexity index is 2310. The van der Waals surface area contributed by atoms with Crippen LogP contribution in [0.4, 0.5) is 39.8 Å². The van der Waals surface area contributed by atoms with Crippen molar-refractivity contribution in [3.8, 4) is 22.3 Å². The Morgan fingerprint density at radius 1 is 0.442 bits per heavy atom. The van der Waals surface area contributed by atoms with Crippen LogP contribution < -0.4 is 31.1 Å². The molecule has 4 aliphatic heterocycles. The number of hydrogen-bond acceptors (Lipinski definition) is 3. The number of anilines is 7. The molecule has 0 N–H and O–H groups in total. The summed E-state index contributed by atoms with van der Waals surface area (Å²) in [6.45, 7) is 2.20. The first kappa shape index (κ1) is 29.7. The standard InChI is InChI=1S/C48H38BN3/c1-5-15-33(16-6-1)38-25-27-42-47-40(38)23-13-29-50(47)44-31-37(52(35-19-9-3-10-20-35)36-21-11-4-12-22-36)32-45-46(44)49(42)43-28-26-39(34-17-7-2-8-18-34)41-24-14-30-51(45)48(41)43/h1-12,15-22,25-28,31-32H,13-14,23-24,29-30H2. The van der Waals surface area contributed by atoms with Gasteiger partial charge in [0, 0.05) is 47.2 Å². The Morgan fingerprint density at radius 3 is 1.31 bits per heavy atom. The van der Waals surface area contributed by atoms with E-state index in [1.54, 1.807) is 0 Å². The van der Waals surface area contributed by atoms with Gasteiger partial charge in [0.25, 0.3) is 6.71 Å². The lowest BCUT2D eigenvalue weighted by Gasteiger charge is -2.48. The van der Waals surface area contributed by atoms with Crippen LogP contribution in [-0.2, 0) is 12.8 Å². The van der Waals surface area contributed by atoms with E-state index in [2.05, 4.69) is 172 Å². The normalized spacial score (nSPS) is 14.7. The fourth-order valence-corrected chi connectivity index (χ4v) is 9.79. The molecule has 0 unspecified atom stereocenters. The van der Waals surface area contributed by atoms with Crippen molar-refractivity contribution in [2.45, 2.75) is 25.7 Å². The Labute approximate surface area is 306 Å². The van der Waals surface area contributed by atoms with E-state index in [-0.39, 0.29) is 6.71 Å². The van der Waals surface area contributed by atoms with Crippen LogP contribution in [0, 0.1) is 0 Å². The molecule has 248 valence electrons. The molecule has 0 atom stereocenters. The van der Waals surface area contributed by atoms with Crippen molar-refractivity contribution in [1.29, 1.82) is 0 Å². The Morgan fingerprint density at radius 2 is 0.865 bits per heavy atom. The summed E-state index contributed by atoms with van der Waals surface area (Å²) in [6, 6.07) is 58.7. The molecule has 0 saturated heterocycles. The summed E-state index contributed by atoms with van der Waals surface area (Å²) >= 11 is 0. The molecule has 4 aliphatic rings. The zero-order chi connectivity index (χ0) is 34.2. The average molecular weight is 668 g/mol. The first-order valence-electron chi connectivity index (χ1n) is 18.9. The minimum atomic E-state index is 0.168. The van der Waals surface area contributed by atoms with Crippen LogP contribution in [0.2, 0.25) is 0 Å². The van der Waals surface area contributed by atoms with E-state index in [4.69, 9.17) is 0 Å². The third-order valence-corrected chi connectivity index (χ3v) is 11.9. The molecule has 0 saturated carbocycles. The van der Waals surface area contributed by atoms with Crippen molar-refractivity contribution < 1.29 is 0 Å². The molecule has 4 heterocycles. The minimum Gasteiger partial charge on any atom is -0.342 e. The summed E-state index contributed by atoms with van der Waals surface area (Å²) in [6.07, 6.45) is 4.45. The van der Waals surface area contributed by atoms with Crippen LogP contribution in [0.3, 0.4) is 0 Å². The molecule has 3 nitrogen and oxygen atoms in total. The summed E-state index contributed by atoms with van der Waals surface area (Å²) in [7, 11) is 0. The maximum absolute atomic E-state index is 2.70. The van der Waals surface area contributed by atoms with E-state index in [1.807, 2.05) is 0 Å². The Kier molecular flexibility index (Phi) is 6.73. The van der Waals surface area contributed by atoms with Gasteiger partial charge in [0.1, 0.15) is 0 Å². The van der Waals surface area contributed by atoms with Gasteiger partial charge < -0.3 is 14.7 Å². The first-order chi connectivity index (χ1) is 25.8. The highest BCUT2D eigenvalue weighted by Gasteiger charge is 2.46. The van der Waals surface area contributed by atoms with Crippen LogP contribution in [0.15, 0.2) is 158 Å². The molecule has 0 aliphatic carbocycles. The highest BCUT2D eigenvalue weighted by atomic mass is 15.2. The van der Waals surface area contributed by atoms with Crippen molar-refractivity contribution in [2.75, 3.05) is 27.8 Å². The van der Waals surface area contributed by atoms with Gasteiger partial charge in [0.05, 0.1) is 5.69 Å². The summed E-state index contributed by atoms with van der Waals surface area (Å²) in [5.74, 6) is 0. The quantitative estimate of drug-likeness (QED) is 0.169. The second-order valence-electron chi connectivity index (χ2n) is 14.6. The molecule has 4 heteroatoms. The summed E-state index contributed by atoms with van der Waals surface area (Å²) in [5, 5.41) is 0. The second kappa shape index (κ2) is 11.8. The van der Waals surface area contributed by atoms with Gasteiger partial charge in [-0.1, -0.05) is 121 Å². The third kappa shape index (κ3) is 4.40. The highest BCUT2D eigenvalue weighted by molar-refractivity contribution is 7.00. The molecule has 0 aromatic heterocycles. The SMILES string of the molecule is c1ccc(-c2ccc3c4c2CCCN4c2cc(N(c4ccccc4)c4ccccc4)cc4c2B3c2ccc(-c3ccccc3)c3c2N4CCC3)cc1. The average Bonchev–Trinajstić information content (AvgIpc) is 3.22. The van der Waals surface area contributed by atoms with Crippen molar-refractivity contribution in [3.63, 3.8) is 0 Å². The van der Waals surface area contributed by atoms with E-state index in [0.29, 0.717) is 0 Å². The zero-order valence-electron chi connectivity index (χ0n) is 29.2. The van der Waals surface area contributed by atoms with Gasteiger partial charge >= 0.3 is 0 Å². The molecule has 0 bridgehead atoms. The molecule has 7 aromatic carbocycles. The van der Waals surface area contributed by atoms with E-state index < -0.39 is 0 Å². The minimum absolute atomic E-state index is 0.168. The molecular formula is C48H38BN3. The second-order valence-corrected chi connectivity index (χ2v) is 14.6. The summed E-state index contributed by atoms with van der Waals surface area (Å²) in [5.41, 5.74) is 21.8. The first-order valence-corrected chi connectivity index (χ1v) is 18.9. The van der Waals surface area contributed by atoms with Gasteiger partial charge in [0.2, 0.25) is 0 Å². The number of para-hydroxylation sites is 2. The lowest BCUT2D eigenvalue weighted by molar-refractivity contribution is 0.763. The predicted octanol–water partition coefficient (Wildman–Crippen LogP) is 9.80. The largest absolute Gasteiger partial charge is 0.342 e. The molecule has 0 amide bonds. The number of nitrogens with zero attached hydrogens (tertiary/aromatic N) is 3. The maximum atomic E-state index is 2.70. The molecule has 0 fully saturated rings. The smallest absolute Gasteiger partial charge is 0.252 e. The Balaban J connectivity index is 1.22.